The lowest BCUT2D eigenvalue weighted by atomic mass is 9.96. The highest BCUT2D eigenvalue weighted by atomic mass is 35.5. The summed E-state index contributed by atoms with van der Waals surface area (Å²) in [5, 5.41) is 8.73. The molecule has 4 nitrogen and oxygen atoms in total. The number of carbonyl (C=O) groups excluding carboxylic acids is 1. The fraction of sp³-hybridized carbons (Fsp3) is 0.364. The van der Waals surface area contributed by atoms with Gasteiger partial charge in [0.25, 0.3) is 0 Å². The Labute approximate surface area is 184 Å². The van der Waals surface area contributed by atoms with Gasteiger partial charge < -0.3 is 5.32 Å². The van der Waals surface area contributed by atoms with Crippen molar-refractivity contribution in [3.05, 3.63) is 62.8 Å². The van der Waals surface area contributed by atoms with Crippen LogP contribution in [-0.4, -0.2) is 35.4 Å². The van der Waals surface area contributed by atoms with Gasteiger partial charge in [-0.1, -0.05) is 35.9 Å². The zero-order valence-corrected chi connectivity index (χ0v) is 18.5. The van der Waals surface area contributed by atoms with Gasteiger partial charge in [-0.25, -0.2) is 4.98 Å². The van der Waals surface area contributed by atoms with Crippen LogP contribution >= 0.6 is 34.3 Å². The van der Waals surface area contributed by atoms with E-state index >= 15 is 0 Å². The topological polar surface area (TPSA) is 45.2 Å². The van der Waals surface area contributed by atoms with E-state index < -0.39 is 0 Å². The van der Waals surface area contributed by atoms with Gasteiger partial charge in [0.15, 0.2) is 0 Å². The second kappa shape index (κ2) is 9.85. The number of thiazole rings is 1. The van der Waals surface area contributed by atoms with Gasteiger partial charge in [-0.05, 0) is 49.4 Å². The summed E-state index contributed by atoms with van der Waals surface area (Å²) in [6, 6.07) is 12.0. The fourth-order valence-corrected chi connectivity index (χ4v) is 5.49. The summed E-state index contributed by atoms with van der Waals surface area (Å²) >= 11 is 9.59. The number of rotatable bonds is 7. The van der Waals surface area contributed by atoms with Crippen molar-refractivity contribution in [3.63, 3.8) is 0 Å². The Kier molecular flexibility index (Phi) is 6.98. The summed E-state index contributed by atoms with van der Waals surface area (Å²) in [7, 11) is 0. The van der Waals surface area contributed by atoms with Crippen molar-refractivity contribution in [1.82, 2.24) is 15.2 Å². The third-order valence-corrected chi connectivity index (χ3v) is 7.37. The van der Waals surface area contributed by atoms with Crippen LogP contribution in [0.25, 0.3) is 10.6 Å². The Hall–Kier alpha value is -1.73. The van der Waals surface area contributed by atoms with Crippen LogP contribution in [0.3, 0.4) is 0 Å². The molecule has 1 amide bonds. The normalized spacial score (nSPS) is 15.5. The van der Waals surface area contributed by atoms with Crippen LogP contribution in [-0.2, 0) is 17.8 Å². The van der Waals surface area contributed by atoms with Crippen LogP contribution in [0.2, 0.25) is 5.02 Å². The fourth-order valence-electron chi connectivity index (χ4n) is 3.60. The molecule has 4 rings (SSSR count). The molecule has 3 heterocycles. The number of thiophene rings is 1. The molecule has 7 heteroatoms. The smallest absolute Gasteiger partial charge is 0.226 e. The van der Waals surface area contributed by atoms with E-state index in [-0.39, 0.29) is 5.91 Å². The van der Waals surface area contributed by atoms with Gasteiger partial charge in [0.1, 0.15) is 5.01 Å². The van der Waals surface area contributed by atoms with E-state index in [1.54, 1.807) is 0 Å². The van der Waals surface area contributed by atoms with E-state index in [0.29, 0.717) is 17.4 Å². The number of hydrogen-bond acceptors (Lipinski definition) is 5. The standard InChI is InChI=1S/C22H24ClN3OS2/c23-20-6-2-1-5-19(20)22-25-17(15-29-22)12-21(27)24-13-16-7-9-26(10-8-16)14-18-4-3-11-28-18/h1-6,11,15-16H,7-10,12-14H2,(H,24,27). The zero-order valence-electron chi connectivity index (χ0n) is 16.1. The van der Waals surface area contributed by atoms with Crippen LogP contribution in [0.1, 0.15) is 23.4 Å². The molecule has 0 bridgehead atoms. The van der Waals surface area contributed by atoms with E-state index in [9.17, 15) is 4.79 Å². The largest absolute Gasteiger partial charge is 0.355 e. The van der Waals surface area contributed by atoms with Crippen molar-refractivity contribution in [2.45, 2.75) is 25.8 Å². The quantitative estimate of drug-likeness (QED) is 0.550. The van der Waals surface area contributed by atoms with Crippen molar-refractivity contribution in [1.29, 1.82) is 0 Å². The number of benzene rings is 1. The molecular weight excluding hydrogens is 422 g/mol. The molecule has 152 valence electrons. The van der Waals surface area contributed by atoms with Gasteiger partial charge in [-0.3, -0.25) is 9.69 Å². The second-order valence-electron chi connectivity index (χ2n) is 7.40. The van der Waals surface area contributed by atoms with Crippen LogP contribution in [0.15, 0.2) is 47.2 Å². The third-order valence-electron chi connectivity index (χ3n) is 5.25. The van der Waals surface area contributed by atoms with Crippen molar-refractivity contribution in [2.24, 2.45) is 5.92 Å². The molecule has 1 aliphatic rings. The number of carbonyl (C=O) groups is 1. The lowest BCUT2D eigenvalue weighted by Gasteiger charge is -2.31. The Bertz CT molecular complexity index is 933. The number of nitrogens with zero attached hydrogens (tertiary/aromatic N) is 2. The predicted octanol–water partition coefficient (Wildman–Crippen LogP) is 5.10. The summed E-state index contributed by atoms with van der Waals surface area (Å²) in [5.41, 5.74) is 1.72. The summed E-state index contributed by atoms with van der Waals surface area (Å²) in [5.74, 6) is 0.606. The van der Waals surface area contributed by atoms with Crippen LogP contribution in [0.4, 0.5) is 0 Å². The number of likely N-dealkylation sites (tertiary alicyclic amines) is 1. The van der Waals surface area contributed by atoms with Crippen LogP contribution in [0, 0.1) is 5.92 Å². The van der Waals surface area contributed by atoms with E-state index in [2.05, 4.69) is 32.7 Å². The number of amides is 1. The maximum atomic E-state index is 12.4. The minimum absolute atomic E-state index is 0.0435. The molecule has 0 unspecified atom stereocenters. The first-order chi connectivity index (χ1) is 14.2. The lowest BCUT2D eigenvalue weighted by molar-refractivity contribution is -0.120. The minimum Gasteiger partial charge on any atom is -0.355 e. The number of piperidine rings is 1. The molecule has 0 spiro atoms. The van der Waals surface area contributed by atoms with E-state index in [1.807, 2.05) is 41.0 Å². The molecule has 1 N–H and O–H groups in total. The van der Waals surface area contributed by atoms with Crippen LogP contribution < -0.4 is 5.32 Å². The maximum Gasteiger partial charge on any atom is 0.226 e. The highest BCUT2D eigenvalue weighted by Crippen LogP contribution is 2.30. The molecule has 1 aromatic carbocycles. The summed E-state index contributed by atoms with van der Waals surface area (Å²) in [6.07, 6.45) is 2.59. The van der Waals surface area contributed by atoms with Gasteiger partial charge in [0, 0.05) is 28.9 Å². The first-order valence-corrected chi connectivity index (χ1v) is 12.0. The summed E-state index contributed by atoms with van der Waals surface area (Å²) < 4.78 is 0. The summed E-state index contributed by atoms with van der Waals surface area (Å²) in [6.45, 7) is 4.01. The predicted molar refractivity (Wildman–Crippen MR) is 122 cm³/mol. The molecule has 0 atom stereocenters. The van der Waals surface area contributed by atoms with E-state index in [1.165, 1.54) is 16.2 Å². The molecule has 1 aliphatic heterocycles. The molecular formula is C22H24ClN3OS2. The summed E-state index contributed by atoms with van der Waals surface area (Å²) in [4.78, 5) is 20.9. The lowest BCUT2D eigenvalue weighted by Crippen LogP contribution is -2.38. The monoisotopic (exact) mass is 445 g/mol. The average Bonchev–Trinajstić information content (AvgIpc) is 3.40. The van der Waals surface area contributed by atoms with Gasteiger partial charge in [0.2, 0.25) is 5.91 Å². The number of aromatic nitrogens is 1. The van der Waals surface area contributed by atoms with Crippen molar-refractivity contribution in [2.75, 3.05) is 19.6 Å². The van der Waals surface area contributed by atoms with Crippen molar-refractivity contribution < 1.29 is 4.79 Å². The highest BCUT2D eigenvalue weighted by Gasteiger charge is 2.20. The maximum absolute atomic E-state index is 12.4. The van der Waals surface area contributed by atoms with Gasteiger partial charge >= 0.3 is 0 Å². The molecule has 0 radical (unpaired) electrons. The van der Waals surface area contributed by atoms with Crippen LogP contribution in [0.5, 0.6) is 0 Å². The molecule has 2 aromatic heterocycles. The molecule has 1 fully saturated rings. The Morgan fingerprint density at radius 1 is 1.17 bits per heavy atom. The minimum atomic E-state index is 0.0435. The van der Waals surface area contributed by atoms with E-state index in [4.69, 9.17) is 11.6 Å². The number of halogens is 1. The van der Waals surface area contributed by atoms with E-state index in [0.717, 1.165) is 55.3 Å². The second-order valence-corrected chi connectivity index (χ2v) is 9.70. The molecule has 0 saturated carbocycles. The van der Waals surface area contributed by atoms with Gasteiger partial charge in [-0.2, -0.15) is 0 Å². The molecule has 29 heavy (non-hydrogen) atoms. The van der Waals surface area contributed by atoms with Crippen molar-refractivity contribution in [3.8, 4) is 10.6 Å². The highest BCUT2D eigenvalue weighted by molar-refractivity contribution is 7.13. The number of hydrogen-bond donors (Lipinski definition) is 1. The van der Waals surface area contributed by atoms with Gasteiger partial charge in [-0.15, -0.1) is 22.7 Å². The van der Waals surface area contributed by atoms with Gasteiger partial charge in [0.05, 0.1) is 17.1 Å². The Morgan fingerprint density at radius 3 is 2.76 bits per heavy atom. The first kappa shape index (κ1) is 20.5. The zero-order chi connectivity index (χ0) is 20.1. The molecule has 0 aliphatic carbocycles. The number of nitrogens with one attached hydrogen (secondary N) is 1. The average molecular weight is 446 g/mol. The Morgan fingerprint density at radius 2 is 2.00 bits per heavy atom. The third kappa shape index (κ3) is 5.66. The molecule has 1 saturated heterocycles. The SMILES string of the molecule is O=C(Cc1csc(-c2ccccc2Cl)n1)NCC1CCN(Cc2cccs2)CC1. The first-order valence-electron chi connectivity index (χ1n) is 9.88. The Balaban J connectivity index is 1.20. The van der Waals surface area contributed by atoms with Crippen molar-refractivity contribution >= 4 is 40.2 Å². The molecule has 3 aromatic rings.